The van der Waals surface area contributed by atoms with E-state index in [2.05, 4.69) is 10.3 Å². The summed E-state index contributed by atoms with van der Waals surface area (Å²) < 4.78 is 44.6. The molecule has 33 heavy (non-hydrogen) atoms. The quantitative estimate of drug-likeness (QED) is 0.571. The van der Waals surface area contributed by atoms with Crippen LogP contribution in [-0.2, 0) is 20.5 Å². The number of carbonyl (C=O) groups excluding carboxylic acids is 2. The molecule has 1 amide bonds. The number of nitrogens with zero attached hydrogens (tertiary/aromatic N) is 2. The number of amides is 1. The third-order valence-corrected chi connectivity index (χ3v) is 6.56. The van der Waals surface area contributed by atoms with E-state index >= 15 is 0 Å². The Morgan fingerprint density at radius 2 is 1.94 bits per heavy atom. The minimum absolute atomic E-state index is 0.0744. The van der Waals surface area contributed by atoms with Crippen LogP contribution < -0.4 is 5.32 Å². The van der Waals surface area contributed by atoms with Gasteiger partial charge in [-0.05, 0) is 55.7 Å². The predicted octanol–water partition coefficient (Wildman–Crippen LogP) is 4.76. The second-order valence-electron chi connectivity index (χ2n) is 8.16. The Hall–Kier alpha value is -2.75. The zero-order valence-corrected chi connectivity index (χ0v) is 19.1. The minimum Gasteiger partial charge on any atom is -0.463 e. The van der Waals surface area contributed by atoms with Crippen LogP contribution in [0, 0.1) is 5.92 Å². The fourth-order valence-corrected chi connectivity index (χ4v) is 4.78. The summed E-state index contributed by atoms with van der Waals surface area (Å²) in [7, 11) is 0. The van der Waals surface area contributed by atoms with Gasteiger partial charge < -0.3 is 15.0 Å². The largest absolute Gasteiger partial charge is 0.463 e. The summed E-state index contributed by atoms with van der Waals surface area (Å²) in [5.41, 5.74) is 1.01. The van der Waals surface area contributed by atoms with E-state index in [0.717, 1.165) is 25.0 Å². The zero-order valence-electron chi connectivity index (χ0n) is 18.2. The highest BCUT2D eigenvalue weighted by molar-refractivity contribution is 8.16. The summed E-state index contributed by atoms with van der Waals surface area (Å²) >= 11 is 1.32. The lowest BCUT2D eigenvalue weighted by atomic mass is 9.93. The van der Waals surface area contributed by atoms with Crippen molar-refractivity contribution in [1.29, 1.82) is 0 Å². The van der Waals surface area contributed by atoms with Gasteiger partial charge in [0.05, 0.1) is 35.9 Å². The van der Waals surface area contributed by atoms with Crippen molar-refractivity contribution in [3.63, 3.8) is 0 Å². The molecule has 6 nitrogen and oxygen atoms in total. The van der Waals surface area contributed by atoms with Gasteiger partial charge in [-0.1, -0.05) is 23.9 Å². The van der Waals surface area contributed by atoms with Crippen LogP contribution in [0.4, 0.5) is 13.2 Å². The van der Waals surface area contributed by atoms with Gasteiger partial charge in [-0.3, -0.25) is 4.79 Å². The third kappa shape index (κ3) is 5.10. The van der Waals surface area contributed by atoms with Gasteiger partial charge in [-0.2, -0.15) is 13.2 Å². The molecule has 2 aliphatic heterocycles. The van der Waals surface area contributed by atoms with Crippen molar-refractivity contribution in [2.75, 3.05) is 13.2 Å². The Kier molecular flexibility index (Phi) is 6.56. The van der Waals surface area contributed by atoms with Crippen molar-refractivity contribution in [2.45, 2.75) is 45.3 Å². The molecule has 176 valence electrons. The summed E-state index contributed by atoms with van der Waals surface area (Å²) in [6.07, 6.45) is -2.16. The van der Waals surface area contributed by atoms with E-state index in [0.29, 0.717) is 34.6 Å². The highest BCUT2D eigenvalue weighted by Crippen LogP contribution is 2.45. The number of allylic oxidation sites excluding steroid dienone is 1. The summed E-state index contributed by atoms with van der Waals surface area (Å²) in [6, 6.07) is 3.95. The Balaban J connectivity index is 1.67. The number of ether oxygens (including phenoxy) is 1. The Bertz CT molecular complexity index is 1040. The van der Waals surface area contributed by atoms with Crippen molar-refractivity contribution < 1.29 is 27.5 Å². The lowest BCUT2D eigenvalue weighted by Gasteiger charge is -2.36. The molecule has 1 aromatic carbocycles. The molecule has 2 heterocycles. The molecule has 1 N–H and O–H groups in total. The van der Waals surface area contributed by atoms with Gasteiger partial charge in [-0.15, -0.1) is 0 Å². The molecule has 4 rings (SSSR count). The van der Waals surface area contributed by atoms with E-state index < -0.39 is 23.8 Å². The average Bonchev–Trinajstić information content (AvgIpc) is 3.52. The van der Waals surface area contributed by atoms with Gasteiger partial charge in [0.25, 0.3) is 0 Å². The maximum absolute atomic E-state index is 13.1. The molecule has 1 fully saturated rings. The van der Waals surface area contributed by atoms with Gasteiger partial charge in [0.15, 0.2) is 5.17 Å². The summed E-state index contributed by atoms with van der Waals surface area (Å²) in [4.78, 5) is 31.7. The highest BCUT2D eigenvalue weighted by atomic mass is 32.2. The minimum atomic E-state index is -4.47. The number of halogens is 3. The molecular formula is C23H24F3N3O3S. The molecule has 0 aromatic heterocycles. The SMILES string of the molecule is CCOC(=O)C1=C(C)N=C2SC=C(CC(=O)NCC3CC3)N2C1c1ccc(C(F)(F)F)cc1. The van der Waals surface area contributed by atoms with Gasteiger partial charge in [0, 0.05) is 12.2 Å². The first-order chi connectivity index (χ1) is 15.7. The van der Waals surface area contributed by atoms with Crippen LogP contribution in [0.25, 0.3) is 0 Å². The van der Waals surface area contributed by atoms with Crippen LogP contribution in [-0.4, -0.2) is 35.1 Å². The average molecular weight is 480 g/mol. The lowest BCUT2D eigenvalue weighted by Crippen LogP contribution is -2.38. The van der Waals surface area contributed by atoms with Gasteiger partial charge in [-0.25, -0.2) is 9.79 Å². The lowest BCUT2D eigenvalue weighted by molar-refractivity contribution is -0.139. The van der Waals surface area contributed by atoms with E-state index in [1.54, 1.807) is 24.2 Å². The highest BCUT2D eigenvalue weighted by Gasteiger charge is 2.41. The second-order valence-corrected chi connectivity index (χ2v) is 8.99. The number of alkyl halides is 3. The van der Waals surface area contributed by atoms with Crippen LogP contribution in [0.1, 0.15) is 50.3 Å². The maximum Gasteiger partial charge on any atom is 0.416 e. The number of hydrogen-bond acceptors (Lipinski definition) is 6. The van der Waals surface area contributed by atoms with Crippen LogP contribution in [0.5, 0.6) is 0 Å². The molecule has 1 saturated carbocycles. The van der Waals surface area contributed by atoms with Gasteiger partial charge >= 0.3 is 12.1 Å². The topological polar surface area (TPSA) is 71.0 Å². The van der Waals surface area contributed by atoms with Crippen LogP contribution in [0.2, 0.25) is 0 Å². The number of nitrogens with one attached hydrogen (secondary N) is 1. The monoisotopic (exact) mass is 479 g/mol. The zero-order chi connectivity index (χ0) is 23.8. The van der Waals surface area contributed by atoms with Crippen molar-refractivity contribution in [3.8, 4) is 0 Å². The number of benzene rings is 1. The summed E-state index contributed by atoms with van der Waals surface area (Å²) in [5, 5.41) is 5.29. The number of thioether (sulfide) groups is 1. The summed E-state index contributed by atoms with van der Waals surface area (Å²) in [6.45, 7) is 4.14. The normalized spacial score (nSPS) is 20.3. The standard InChI is InChI=1S/C23H24F3N3O3S/c1-3-32-21(31)19-13(2)28-22-29(17(12-33-22)10-18(30)27-11-14-4-5-14)20(19)15-6-8-16(9-7-15)23(24,25)26/h6-9,12,14,20H,3-5,10-11H2,1-2H3,(H,27,30). The smallest absolute Gasteiger partial charge is 0.416 e. The molecular weight excluding hydrogens is 455 g/mol. The number of hydrogen-bond donors (Lipinski definition) is 1. The van der Waals surface area contributed by atoms with E-state index in [9.17, 15) is 22.8 Å². The van der Waals surface area contributed by atoms with Crippen molar-refractivity contribution in [2.24, 2.45) is 10.9 Å². The molecule has 10 heteroatoms. The number of fused-ring (bicyclic) bond motifs is 1. The van der Waals surface area contributed by atoms with Crippen LogP contribution in [0.15, 0.2) is 51.6 Å². The molecule has 0 bridgehead atoms. The molecule has 3 aliphatic rings. The predicted molar refractivity (Wildman–Crippen MR) is 119 cm³/mol. The molecule has 1 atom stereocenters. The first kappa shape index (κ1) is 23.4. The fourth-order valence-electron chi connectivity index (χ4n) is 3.82. The Morgan fingerprint density at radius 1 is 1.24 bits per heavy atom. The third-order valence-electron chi connectivity index (χ3n) is 5.68. The van der Waals surface area contributed by atoms with Crippen LogP contribution in [0.3, 0.4) is 0 Å². The maximum atomic E-state index is 13.1. The van der Waals surface area contributed by atoms with Crippen molar-refractivity contribution >= 4 is 28.8 Å². The summed E-state index contributed by atoms with van der Waals surface area (Å²) in [5.74, 6) is -0.198. The van der Waals surface area contributed by atoms with Crippen LogP contribution >= 0.6 is 11.8 Å². The Labute approximate surface area is 194 Å². The molecule has 1 aromatic rings. The number of carbonyl (C=O) groups is 2. The molecule has 0 spiro atoms. The molecule has 1 unspecified atom stereocenters. The molecule has 0 radical (unpaired) electrons. The van der Waals surface area contributed by atoms with Crippen molar-refractivity contribution in [3.05, 3.63) is 57.8 Å². The molecule has 1 aliphatic carbocycles. The van der Waals surface area contributed by atoms with E-state index in [-0.39, 0.29) is 24.5 Å². The van der Waals surface area contributed by atoms with Gasteiger partial charge in [0.2, 0.25) is 5.91 Å². The van der Waals surface area contributed by atoms with E-state index in [1.165, 1.54) is 23.9 Å². The molecule has 0 saturated heterocycles. The van der Waals surface area contributed by atoms with Crippen molar-refractivity contribution in [1.82, 2.24) is 10.2 Å². The van der Waals surface area contributed by atoms with E-state index in [1.807, 2.05) is 0 Å². The van der Waals surface area contributed by atoms with Gasteiger partial charge in [0.1, 0.15) is 0 Å². The number of aliphatic imine (C=N–C) groups is 1. The number of esters is 1. The number of rotatable bonds is 7. The first-order valence-electron chi connectivity index (χ1n) is 10.7. The number of amidine groups is 1. The first-order valence-corrected chi connectivity index (χ1v) is 11.6. The van der Waals surface area contributed by atoms with E-state index in [4.69, 9.17) is 4.74 Å². The second kappa shape index (κ2) is 9.24. The fraction of sp³-hybridized carbons (Fsp3) is 0.435. The Morgan fingerprint density at radius 3 is 2.55 bits per heavy atom.